The van der Waals surface area contributed by atoms with Crippen molar-refractivity contribution in [2.75, 3.05) is 16.5 Å². The number of fused-ring (bicyclic) bond motifs is 1. The van der Waals surface area contributed by atoms with Crippen molar-refractivity contribution >= 4 is 58.1 Å². The van der Waals surface area contributed by atoms with E-state index in [1.807, 2.05) is 0 Å². The van der Waals surface area contributed by atoms with Gasteiger partial charge in [-0.05, 0) is 43.7 Å². The van der Waals surface area contributed by atoms with Crippen LogP contribution in [0.25, 0.3) is 0 Å². The Morgan fingerprint density at radius 3 is 2.40 bits per heavy atom. The number of hydrogen-bond acceptors (Lipinski definition) is 6. The molecule has 0 bridgehead atoms. The van der Waals surface area contributed by atoms with E-state index in [2.05, 4.69) is 5.10 Å². The van der Waals surface area contributed by atoms with Crippen molar-refractivity contribution < 1.29 is 19.1 Å². The number of rotatable bonds is 4. The van der Waals surface area contributed by atoms with Crippen LogP contribution >= 0.6 is 23.2 Å². The number of para-hydroxylation sites is 1. The van der Waals surface area contributed by atoms with Crippen molar-refractivity contribution in [3.63, 3.8) is 0 Å². The fourth-order valence-electron chi connectivity index (χ4n) is 3.70. The SMILES string of the molecule is CCOC(=O)C1=NN(c2ccccc2Cl)[C@@H]2C(=O)N(c3cccc(Cl)c3C)C(=O)[C@@H]12. The fourth-order valence-corrected chi connectivity index (χ4v) is 4.09. The molecule has 9 heteroatoms. The van der Waals surface area contributed by atoms with Crippen molar-refractivity contribution in [2.24, 2.45) is 11.0 Å². The van der Waals surface area contributed by atoms with Gasteiger partial charge in [-0.25, -0.2) is 14.7 Å². The zero-order valence-electron chi connectivity index (χ0n) is 16.1. The molecule has 4 rings (SSSR count). The molecule has 0 N–H and O–H groups in total. The molecule has 1 saturated heterocycles. The van der Waals surface area contributed by atoms with Crippen LogP contribution in [0.5, 0.6) is 0 Å². The number of carbonyl (C=O) groups is 3. The maximum Gasteiger partial charge on any atom is 0.355 e. The average Bonchev–Trinajstić information content (AvgIpc) is 3.22. The number of carbonyl (C=O) groups excluding carboxylic acids is 3. The van der Waals surface area contributed by atoms with Gasteiger partial charge in [-0.1, -0.05) is 41.4 Å². The monoisotopic (exact) mass is 445 g/mol. The number of anilines is 2. The summed E-state index contributed by atoms with van der Waals surface area (Å²) < 4.78 is 5.08. The predicted octanol–water partition coefficient (Wildman–Crippen LogP) is 3.60. The smallest absolute Gasteiger partial charge is 0.355 e. The first-order valence-electron chi connectivity index (χ1n) is 9.29. The summed E-state index contributed by atoms with van der Waals surface area (Å²) in [5.41, 5.74) is 1.25. The Balaban J connectivity index is 1.84. The molecular formula is C21H17Cl2N3O4. The van der Waals surface area contributed by atoms with Crippen LogP contribution in [0.15, 0.2) is 47.6 Å². The van der Waals surface area contributed by atoms with Crippen LogP contribution in [0.4, 0.5) is 11.4 Å². The third-order valence-electron chi connectivity index (χ3n) is 5.11. The second-order valence-electron chi connectivity index (χ2n) is 6.82. The Morgan fingerprint density at radius 1 is 1.03 bits per heavy atom. The molecule has 0 radical (unpaired) electrons. The number of hydrogen-bond donors (Lipinski definition) is 0. The molecule has 0 aliphatic carbocycles. The molecule has 2 aliphatic heterocycles. The lowest BCUT2D eigenvalue weighted by Crippen LogP contribution is -2.39. The second kappa shape index (κ2) is 7.74. The summed E-state index contributed by atoms with van der Waals surface area (Å²) in [7, 11) is 0. The van der Waals surface area contributed by atoms with Crippen LogP contribution < -0.4 is 9.91 Å². The van der Waals surface area contributed by atoms with E-state index < -0.39 is 29.7 Å². The van der Waals surface area contributed by atoms with E-state index in [-0.39, 0.29) is 12.3 Å². The van der Waals surface area contributed by atoms with Crippen molar-refractivity contribution in [3.8, 4) is 0 Å². The van der Waals surface area contributed by atoms with Gasteiger partial charge in [0.25, 0.3) is 5.91 Å². The molecule has 0 unspecified atom stereocenters. The highest BCUT2D eigenvalue weighted by molar-refractivity contribution is 6.47. The number of imide groups is 1. The average molecular weight is 446 g/mol. The summed E-state index contributed by atoms with van der Waals surface area (Å²) >= 11 is 12.5. The van der Waals surface area contributed by atoms with Crippen LogP contribution in [0, 0.1) is 12.8 Å². The minimum absolute atomic E-state index is 0.112. The van der Waals surface area contributed by atoms with Gasteiger partial charge in [0.2, 0.25) is 5.91 Å². The zero-order chi connectivity index (χ0) is 21.6. The van der Waals surface area contributed by atoms with Crippen LogP contribution in [-0.4, -0.2) is 36.1 Å². The van der Waals surface area contributed by atoms with E-state index in [0.29, 0.717) is 27.0 Å². The lowest BCUT2D eigenvalue weighted by atomic mass is 9.97. The quantitative estimate of drug-likeness (QED) is 0.530. The molecule has 30 heavy (non-hydrogen) atoms. The van der Waals surface area contributed by atoms with Gasteiger partial charge in [-0.2, -0.15) is 5.10 Å². The predicted molar refractivity (Wildman–Crippen MR) is 114 cm³/mol. The van der Waals surface area contributed by atoms with Gasteiger partial charge in [0.05, 0.1) is 23.0 Å². The molecule has 0 saturated carbocycles. The van der Waals surface area contributed by atoms with Crippen molar-refractivity contribution in [1.82, 2.24) is 0 Å². The Hall–Kier alpha value is -2.90. The third kappa shape index (κ3) is 3.05. The Morgan fingerprint density at radius 2 is 1.70 bits per heavy atom. The van der Waals surface area contributed by atoms with Crippen LogP contribution in [-0.2, 0) is 19.1 Å². The summed E-state index contributed by atoms with van der Waals surface area (Å²) in [4.78, 5) is 40.4. The van der Waals surface area contributed by atoms with Crippen LogP contribution in [0.3, 0.4) is 0 Å². The number of benzene rings is 2. The van der Waals surface area contributed by atoms with E-state index >= 15 is 0 Å². The molecule has 2 atom stereocenters. The Labute approximate surface area is 182 Å². The van der Waals surface area contributed by atoms with Gasteiger partial charge in [0.1, 0.15) is 12.0 Å². The molecule has 2 heterocycles. The number of halogens is 2. The van der Waals surface area contributed by atoms with E-state index in [4.69, 9.17) is 27.9 Å². The summed E-state index contributed by atoms with van der Waals surface area (Å²) in [5, 5.41) is 6.38. The first-order chi connectivity index (χ1) is 14.4. The summed E-state index contributed by atoms with van der Waals surface area (Å²) in [6, 6.07) is 10.7. The fraction of sp³-hybridized carbons (Fsp3) is 0.238. The first kappa shape index (κ1) is 20.4. The highest BCUT2D eigenvalue weighted by Gasteiger charge is 2.59. The molecule has 2 amide bonds. The summed E-state index contributed by atoms with van der Waals surface area (Å²) in [6.07, 6.45) is 0. The van der Waals surface area contributed by atoms with Gasteiger partial charge < -0.3 is 4.74 Å². The largest absolute Gasteiger partial charge is 0.461 e. The maximum absolute atomic E-state index is 13.4. The Kier molecular flexibility index (Phi) is 5.26. The summed E-state index contributed by atoms with van der Waals surface area (Å²) in [6.45, 7) is 3.49. The molecule has 1 fully saturated rings. The number of esters is 1. The van der Waals surface area contributed by atoms with Gasteiger partial charge in [-0.3, -0.25) is 9.59 Å². The Bertz CT molecular complexity index is 1100. The molecule has 0 aromatic heterocycles. The van der Waals surface area contributed by atoms with E-state index in [1.165, 1.54) is 5.01 Å². The minimum Gasteiger partial charge on any atom is -0.461 e. The molecular weight excluding hydrogens is 429 g/mol. The van der Waals surface area contributed by atoms with Gasteiger partial charge >= 0.3 is 5.97 Å². The number of nitrogens with zero attached hydrogens (tertiary/aromatic N) is 3. The highest BCUT2D eigenvalue weighted by Crippen LogP contribution is 2.41. The third-order valence-corrected chi connectivity index (χ3v) is 5.84. The molecule has 0 spiro atoms. The first-order valence-corrected chi connectivity index (χ1v) is 10.0. The highest BCUT2D eigenvalue weighted by atomic mass is 35.5. The molecule has 7 nitrogen and oxygen atoms in total. The van der Waals surface area contributed by atoms with Crippen molar-refractivity contribution in [1.29, 1.82) is 0 Å². The van der Waals surface area contributed by atoms with E-state index in [0.717, 1.165) is 4.90 Å². The normalized spacial score (nSPS) is 20.5. The molecule has 2 aromatic carbocycles. The molecule has 2 aliphatic rings. The number of hydrazone groups is 1. The van der Waals surface area contributed by atoms with Crippen molar-refractivity contribution in [2.45, 2.75) is 19.9 Å². The standard InChI is InChI=1S/C21H17Cl2N3O4/c1-3-30-21(29)17-16-18(26(24-17)15-9-5-4-7-13(15)23)20(28)25(19(16)27)14-10-6-8-12(22)11(14)2/h4-10,16,18H,3H2,1-2H3/t16-,18-/m0/s1. The molecule has 2 aromatic rings. The lowest BCUT2D eigenvalue weighted by molar-refractivity contribution is -0.136. The van der Waals surface area contributed by atoms with Gasteiger partial charge in [0, 0.05) is 5.02 Å². The van der Waals surface area contributed by atoms with Gasteiger partial charge in [0.15, 0.2) is 5.71 Å². The summed E-state index contributed by atoms with van der Waals surface area (Å²) in [5.74, 6) is -2.92. The minimum atomic E-state index is -1.11. The maximum atomic E-state index is 13.4. The number of ether oxygens (including phenoxy) is 1. The van der Waals surface area contributed by atoms with Crippen molar-refractivity contribution in [3.05, 3.63) is 58.1 Å². The van der Waals surface area contributed by atoms with E-state index in [9.17, 15) is 14.4 Å². The number of amides is 2. The van der Waals surface area contributed by atoms with Crippen LogP contribution in [0.1, 0.15) is 12.5 Å². The molecule has 154 valence electrons. The van der Waals surface area contributed by atoms with E-state index in [1.54, 1.807) is 56.3 Å². The zero-order valence-corrected chi connectivity index (χ0v) is 17.6. The second-order valence-corrected chi connectivity index (χ2v) is 7.63. The topological polar surface area (TPSA) is 79.3 Å². The lowest BCUT2D eigenvalue weighted by Gasteiger charge is -2.23. The van der Waals surface area contributed by atoms with Gasteiger partial charge in [-0.15, -0.1) is 0 Å². The van der Waals surface area contributed by atoms with Crippen LogP contribution in [0.2, 0.25) is 10.0 Å².